The van der Waals surface area contributed by atoms with Gasteiger partial charge < -0.3 is 37.9 Å². The molecule has 0 bridgehead atoms. The molecule has 1 unspecified atom stereocenters. The maximum absolute atomic E-state index is 12.9. The van der Waals surface area contributed by atoms with Crippen molar-refractivity contribution in [2.24, 2.45) is 0 Å². The molecule has 0 aliphatic heterocycles. The van der Waals surface area contributed by atoms with Gasteiger partial charge in [0.1, 0.15) is 45.4 Å². The number of rotatable bonds is 19. The molecule has 0 aliphatic rings. The molecule has 3 aromatic carbocycles. The minimum absolute atomic E-state index is 0.136. The number of benzene rings is 3. The monoisotopic (exact) mass is 830 g/mol. The van der Waals surface area contributed by atoms with Crippen molar-refractivity contribution < 1.29 is 66.7 Å². The summed E-state index contributed by atoms with van der Waals surface area (Å²) in [6.07, 6.45) is 2.45. The third-order valence-electron chi connectivity index (χ3n) is 9.25. The third kappa shape index (κ3) is 15.7. The lowest BCUT2D eigenvalue weighted by Crippen LogP contribution is -2.36. The largest absolute Gasteiger partial charge is 0.514 e. The molecule has 0 N–H and O–H groups in total. The highest BCUT2D eigenvalue weighted by atomic mass is 16.7. The van der Waals surface area contributed by atoms with E-state index >= 15 is 0 Å². The molecular weight excluding hydrogens is 776 g/mol. The van der Waals surface area contributed by atoms with E-state index in [9.17, 15) is 28.8 Å². The number of carbonyl (C=O) groups is 6. The summed E-state index contributed by atoms with van der Waals surface area (Å²) in [4.78, 5) is 74.2. The Morgan fingerprint density at radius 1 is 0.517 bits per heavy atom. The normalized spacial score (nSPS) is 12.4. The Bertz CT molecular complexity index is 2040. The highest BCUT2D eigenvalue weighted by molar-refractivity contribution is 5.92. The number of hydrogen-bond acceptors (Lipinski definition) is 14. The van der Waals surface area contributed by atoms with Gasteiger partial charge in [0.15, 0.2) is 0 Å². The van der Waals surface area contributed by atoms with Crippen LogP contribution in [-0.2, 0) is 28.5 Å². The topological polar surface area (TPSA) is 176 Å². The third-order valence-corrected chi connectivity index (χ3v) is 9.25. The first-order valence-corrected chi connectivity index (χ1v) is 19.2. The van der Waals surface area contributed by atoms with Gasteiger partial charge in [-0.2, -0.15) is 0 Å². The zero-order valence-corrected chi connectivity index (χ0v) is 35.7. The first-order valence-electron chi connectivity index (χ1n) is 19.2. The van der Waals surface area contributed by atoms with Gasteiger partial charge in [-0.15, -0.1) is 0 Å². The molecule has 3 aromatic rings. The van der Waals surface area contributed by atoms with E-state index in [-0.39, 0.29) is 34.1 Å². The summed E-state index contributed by atoms with van der Waals surface area (Å²) < 4.78 is 43.4. The van der Waals surface area contributed by atoms with E-state index in [4.69, 9.17) is 37.9 Å². The van der Waals surface area contributed by atoms with Crippen molar-refractivity contribution in [3.05, 3.63) is 109 Å². The van der Waals surface area contributed by atoms with Crippen LogP contribution >= 0.6 is 0 Å². The van der Waals surface area contributed by atoms with E-state index in [0.717, 1.165) is 12.2 Å². The first kappa shape index (κ1) is 47.9. The van der Waals surface area contributed by atoms with Gasteiger partial charge in [0.2, 0.25) is 0 Å². The van der Waals surface area contributed by atoms with E-state index in [2.05, 4.69) is 13.2 Å². The molecule has 0 spiro atoms. The predicted octanol–water partition coefficient (Wildman–Crippen LogP) is 9.99. The molecule has 0 amide bonds. The fraction of sp³-hybridized carbons (Fsp3) is 0.391. The first-order chi connectivity index (χ1) is 28.0. The van der Waals surface area contributed by atoms with Crippen molar-refractivity contribution in [2.75, 3.05) is 0 Å². The second kappa shape index (κ2) is 20.5. The molecule has 0 saturated heterocycles. The van der Waals surface area contributed by atoms with Gasteiger partial charge in [-0.3, -0.25) is 0 Å². The quantitative estimate of drug-likeness (QED) is 0.0367. The lowest BCUT2D eigenvalue weighted by Gasteiger charge is -2.32. The SMILES string of the molecule is C=CC(=O)OC(C)(C)CCC(C)(C)OC(=O)Oc1ccc(C(=O)Oc2ccc(OC(=O)c3ccc(OC(=O)OC(C)(C)CCC(C)(CC)OC(=O)C=C)cc3)c(C)c2)cc1. The zero-order chi connectivity index (χ0) is 44.9. The molecule has 0 aromatic heterocycles. The molecule has 0 aliphatic carbocycles. The fourth-order valence-corrected chi connectivity index (χ4v) is 5.35. The van der Waals surface area contributed by atoms with Gasteiger partial charge >= 0.3 is 36.2 Å². The highest BCUT2D eigenvalue weighted by Crippen LogP contribution is 2.30. The van der Waals surface area contributed by atoms with Gasteiger partial charge in [0.05, 0.1) is 11.1 Å². The van der Waals surface area contributed by atoms with Crippen LogP contribution < -0.4 is 18.9 Å². The number of carbonyl (C=O) groups excluding carboxylic acids is 6. The van der Waals surface area contributed by atoms with E-state index in [0.29, 0.717) is 37.7 Å². The number of hydrogen-bond donors (Lipinski definition) is 0. The summed E-state index contributed by atoms with van der Waals surface area (Å²) in [6.45, 7) is 22.5. The number of ether oxygens (including phenoxy) is 8. The molecular formula is C46H54O14. The maximum Gasteiger partial charge on any atom is 0.514 e. The molecule has 3 rings (SSSR count). The van der Waals surface area contributed by atoms with Gasteiger partial charge in [-0.05, 0) is 160 Å². The van der Waals surface area contributed by atoms with Crippen LogP contribution in [0.4, 0.5) is 9.59 Å². The van der Waals surface area contributed by atoms with Crippen LogP contribution in [0.25, 0.3) is 0 Å². The molecule has 0 heterocycles. The van der Waals surface area contributed by atoms with Crippen LogP contribution in [0.3, 0.4) is 0 Å². The Kier molecular flexibility index (Phi) is 16.4. The van der Waals surface area contributed by atoms with Crippen molar-refractivity contribution >= 4 is 36.2 Å². The van der Waals surface area contributed by atoms with Crippen LogP contribution in [0, 0.1) is 6.92 Å². The second-order valence-corrected chi connectivity index (χ2v) is 16.0. The molecule has 1 atom stereocenters. The van der Waals surface area contributed by atoms with E-state index < -0.39 is 58.6 Å². The van der Waals surface area contributed by atoms with Gasteiger partial charge in [0, 0.05) is 12.2 Å². The van der Waals surface area contributed by atoms with E-state index in [1.165, 1.54) is 66.7 Å². The van der Waals surface area contributed by atoms with Crippen molar-refractivity contribution in [2.45, 2.75) is 117 Å². The minimum atomic E-state index is -0.949. The summed E-state index contributed by atoms with van der Waals surface area (Å²) in [5.74, 6) is -1.75. The Balaban J connectivity index is 1.49. The summed E-state index contributed by atoms with van der Waals surface area (Å²) in [7, 11) is 0. The average Bonchev–Trinajstić information content (AvgIpc) is 3.17. The standard InChI is InChI=1S/C46H54O14/c1-12-37(47)57-43(5,6)25-26-44(7,8)59-41(51)54-33-19-15-31(16-20-33)39(49)53-35-23-24-36(30(4)29-35)56-40(50)32-17-21-34(22-18-32)55-42(52)60-45(9,10)27-28-46(11,14-3)58-38(48)13-2/h12-13,15-24,29H,1-2,14,25-28H2,3-11H3. The number of aryl methyl sites for hydroxylation is 1. The van der Waals surface area contributed by atoms with Crippen LogP contribution in [0.1, 0.15) is 114 Å². The van der Waals surface area contributed by atoms with Crippen molar-refractivity contribution in [3.63, 3.8) is 0 Å². The second-order valence-electron chi connectivity index (χ2n) is 16.0. The van der Waals surface area contributed by atoms with Gasteiger partial charge in [-0.25, -0.2) is 28.8 Å². The summed E-state index contributed by atoms with van der Waals surface area (Å²) in [5, 5.41) is 0. The van der Waals surface area contributed by atoms with Crippen molar-refractivity contribution in [1.29, 1.82) is 0 Å². The van der Waals surface area contributed by atoms with Crippen molar-refractivity contribution in [1.82, 2.24) is 0 Å². The minimum Gasteiger partial charge on any atom is -0.457 e. The molecule has 0 saturated carbocycles. The highest BCUT2D eigenvalue weighted by Gasteiger charge is 2.33. The van der Waals surface area contributed by atoms with Gasteiger partial charge in [0.25, 0.3) is 0 Å². The molecule has 0 radical (unpaired) electrons. The average molecular weight is 831 g/mol. The van der Waals surface area contributed by atoms with Crippen molar-refractivity contribution in [3.8, 4) is 23.0 Å². The van der Waals surface area contributed by atoms with Crippen LogP contribution in [-0.4, -0.2) is 58.6 Å². The lowest BCUT2D eigenvalue weighted by atomic mass is 9.90. The molecule has 60 heavy (non-hydrogen) atoms. The Morgan fingerprint density at radius 2 is 0.917 bits per heavy atom. The van der Waals surface area contributed by atoms with Crippen LogP contribution in [0.5, 0.6) is 23.0 Å². The number of esters is 4. The Morgan fingerprint density at radius 3 is 1.35 bits per heavy atom. The molecule has 14 nitrogen and oxygen atoms in total. The molecule has 322 valence electrons. The van der Waals surface area contributed by atoms with E-state index in [1.807, 2.05) is 6.92 Å². The Labute approximate surface area is 350 Å². The predicted molar refractivity (Wildman–Crippen MR) is 220 cm³/mol. The smallest absolute Gasteiger partial charge is 0.457 e. The summed E-state index contributed by atoms with van der Waals surface area (Å²) >= 11 is 0. The van der Waals surface area contributed by atoms with Crippen LogP contribution in [0.15, 0.2) is 92.0 Å². The maximum atomic E-state index is 12.9. The summed E-state index contributed by atoms with van der Waals surface area (Å²) in [5.41, 5.74) is -2.57. The molecule has 14 heteroatoms. The summed E-state index contributed by atoms with van der Waals surface area (Å²) in [6, 6.07) is 15.9. The van der Waals surface area contributed by atoms with Gasteiger partial charge in [-0.1, -0.05) is 20.1 Å². The van der Waals surface area contributed by atoms with E-state index in [1.54, 1.807) is 55.4 Å². The Hall–Kier alpha value is -6.44. The van der Waals surface area contributed by atoms with Crippen LogP contribution in [0.2, 0.25) is 0 Å². The lowest BCUT2D eigenvalue weighted by molar-refractivity contribution is -0.154. The molecule has 0 fully saturated rings. The zero-order valence-electron chi connectivity index (χ0n) is 35.7. The fourth-order valence-electron chi connectivity index (χ4n) is 5.35.